The van der Waals surface area contributed by atoms with E-state index in [1.54, 1.807) is 4.90 Å². The summed E-state index contributed by atoms with van der Waals surface area (Å²) in [6, 6.07) is 7.90. The van der Waals surface area contributed by atoms with Gasteiger partial charge in [0.15, 0.2) is 0 Å². The highest BCUT2D eigenvalue weighted by Gasteiger charge is 2.30. The van der Waals surface area contributed by atoms with E-state index in [-0.39, 0.29) is 24.4 Å². The number of carbonyl (C=O) groups is 2. The van der Waals surface area contributed by atoms with E-state index in [9.17, 15) is 9.59 Å². The molecule has 2 amide bonds. The fourth-order valence-electron chi connectivity index (χ4n) is 3.61. The Labute approximate surface area is 130 Å². The molecule has 5 nitrogen and oxygen atoms in total. The third kappa shape index (κ3) is 3.14. The lowest BCUT2D eigenvalue weighted by atomic mass is 10.0. The lowest BCUT2D eigenvalue weighted by Gasteiger charge is -2.19. The van der Waals surface area contributed by atoms with Gasteiger partial charge in [-0.1, -0.05) is 18.2 Å². The fourth-order valence-corrected chi connectivity index (χ4v) is 3.61. The van der Waals surface area contributed by atoms with Crippen molar-refractivity contribution in [3.05, 3.63) is 29.8 Å². The van der Waals surface area contributed by atoms with Gasteiger partial charge in [-0.15, -0.1) is 0 Å². The van der Waals surface area contributed by atoms with E-state index >= 15 is 0 Å². The van der Waals surface area contributed by atoms with Crippen LogP contribution in [0.1, 0.15) is 31.2 Å². The van der Waals surface area contributed by atoms with E-state index in [4.69, 9.17) is 5.73 Å². The van der Waals surface area contributed by atoms with Crippen LogP contribution in [0.25, 0.3) is 0 Å². The number of anilines is 1. The van der Waals surface area contributed by atoms with Gasteiger partial charge in [0.05, 0.1) is 6.42 Å². The first-order chi connectivity index (χ1) is 10.7. The maximum Gasteiger partial charge on any atom is 0.240 e. The molecule has 3 rings (SSSR count). The minimum atomic E-state index is -0.0662. The maximum absolute atomic E-state index is 12.2. The lowest BCUT2D eigenvalue weighted by Crippen LogP contribution is -2.42. The number of hydrogen-bond acceptors (Lipinski definition) is 3. The monoisotopic (exact) mass is 301 g/mol. The second kappa shape index (κ2) is 6.48. The van der Waals surface area contributed by atoms with E-state index in [0.29, 0.717) is 18.9 Å². The molecule has 5 heteroatoms. The molecule has 1 aliphatic carbocycles. The van der Waals surface area contributed by atoms with Crippen molar-refractivity contribution in [2.75, 3.05) is 18.0 Å². The molecule has 0 bridgehead atoms. The average molecular weight is 301 g/mol. The minimum Gasteiger partial charge on any atom is -0.352 e. The van der Waals surface area contributed by atoms with Crippen molar-refractivity contribution >= 4 is 17.5 Å². The zero-order chi connectivity index (χ0) is 15.5. The van der Waals surface area contributed by atoms with E-state index in [2.05, 4.69) is 5.32 Å². The predicted octanol–water partition coefficient (Wildman–Crippen LogP) is 1.21. The molecule has 0 radical (unpaired) electrons. The number of nitrogens with zero attached hydrogens (tertiary/aromatic N) is 1. The number of hydrogen-bond donors (Lipinski definition) is 2. The van der Waals surface area contributed by atoms with Gasteiger partial charge in [0.25, 0.3) is 0 Å². The minimum absolute atomic E-state index is 0.00350. The van der Waals surface area contributed by atoms with E-state index in [0.717, 1.165) is 36.9 Å². The fraction of sp³-hybridized carbons (Fsp3) is 0.529. The van der Waals surface area contributed by atoms with Gasteiger partial charge >= 0.3 is 0 Å². The highest BCUT2D eigenvalue weighted by Crippen LogP contribution is 2.29. The summed E-state index contributed by atoms with van der Waals surface area (Å²) in [5.74, 6) is 0.566. The third-order valence-electron chi connectivity index (χ3n) is 4.71. The standard InChI is InChI=1S/C17H23N3O2/c18-8-7-12-5-6-14(9-12)19-16(21)11-20-15-4-2-1-3-13(15)10-17(20)22/h1-4,12,14H,5-11,18H2,(H,19,21). The van der Waals surface area contributed by atoms with Gasteiger partial charge in [0, 0.05) is 11.7 Å². The topological polar surface area (TPSA) is 75.4 Å². The summed E-state index contributed by atoms with van der Waals surface area (Å²) in [6.45, 7) is 0.832. The number of carbonyl (C=O) groups excluding carboxylic acids is 2. The van der Waals surface area contributed by atoms with Crippen LogP contribution >= 0.6 is 0 Å². The summed E-state index contributed by atoms with van der Waals surface area (Å²) in [7, 11) is 0. The van der Waals surface area contributed by atoms with Crippen molar-refractivity contribution in [2.24, 2.45) is 11.7 Å². The Morgan fingerprint density at radius 2 is 2.14 bits per heavy atom. The van der Waals surface area contributed by atoms with Crippen LogP contribution < -0.4 is 16.0 Å². The summed E-state index contributed by atoms with van der Waals surface area (Å²) >= 11 is 0. The van der Waals surface area contributed by atoms with Crippen LogP contribution in [0.2, 0.25) is 0 Å². The lowest BCUT2D eigenvalue weighted by molar-refractivity contribution is -0.123. The second-order valence-corrected chi connectivity index (χ2v) is 6.31. The van der Waals surface area contributed by atoms with Gasteiger partial charge in [-0.2, -0.15) is 0 Å². The smallest absolute Gasteiger partial charge is 0.240 e. The van der Waals surface area contributed by atoms with Crippen molar-refractivity contribution in [1.29, 1.82) is 0 Å². The Morgan fingerprint density at radius 1 is 1.32 bits per heavy atom. The Kier molecular flexibility index (Phi) is 4.43. The number of nitrogens with two attached hydrogens (primary N) is 1. The van der Waals surface area contributed by atoms with E-state index < -0.39 is 0 Å². The molecule has 1 fully saturated rings. The molecule has 0 saturated heterocycles. The van der Waals surface area contributed by atoms with Gasteiger partial charge in [-0.3, -0.25) is 9.59 Å². The highest BCUT2D eigenvalue weighted by molar-refractivity contribution is 6.04. The molecule has 0 aromatic heterocycles. The van der Waals surface area contributed by atoms with Crippen molar-refractivity contribution in [3.63, 3.8) is 0 Å². The number of nitrogens with one attached hydrogen (secondary N) is 1. The molecule has 1 heterocycles. The molecular weight excluding hydrogens is 278 g/mol. The van der Waals surface area contributed by atoms with Crippen LogP contribution in [-0.2, 0) is 16.0 Å². The summed E-state index contributed by atoms with van der Waals surface area (Å²) in [5.41, 5.74) is 7.47. The van der Waals surface area contributed by atoms with Crippen LogP contribution in [0.4, 0.5) is 5.69 Å². The second-order valence-electron chi connectivity index (χ2n) is 6.31. The SMILES string of the molecule is NCCC1CCC(NC(=O)CN2C(=O)Cc3ccccc32)C1. The molecule has 1 aliphatic heterocycles. The zero-order valence-electron chi connectivity index (χ0n) is 12.8. The van der Waals surface area contributed by atoms with Crippen molar-refractivity contribution in [2.45, 2.75) is 38.1 Å². The van der Waals surface area contributed by atoms with Crippen LogP contribution in [-0.4, -0.2) is 30.9 Å². The first-order valence-corrected chi connectivity index (χ1v) is 8.05. The predicted molar refractivity (Wildman–Crippen MR) is 85.4 cm³/mol. The van der Waals surface area contributed by atoms with Crippen LogP contribution in [0.3, 0.4) is 0 Å². The van der Waals surface area contributed by atoms with Crippen molar-refractivity contribution in [3.8, 4) is 0 Å². The number of rotatable bonds is 5. The van der Waals surface area contributed by atoms with Gasteiger partial charge < -0.3 is 16.0 Å². The molecule has 0 spiro atoms. The van der Waals surface area contributed by atoms with Crippen LogP contribution in [0, 0.1) is 5.92 Å². The molecule has 22 heavy (non-hydrogen) atoms. The number of amides is 2. The van der Waals surface area contributed by atoms with Gasteiger partial charge in [-0.05, 0) is 49.8 Å². The third-order valence-corrected chi connectivity index (χ3v) is 4.71. The van der Waals surface area contributed by atoms with Gasteiger partial charge in [0.2, 0.25) is 11.8 Å². The first-order valence-electron chi connectivity index (χ1n) is 8.05. The van der Waals surface area contributed by atoms with Crippen LogP contribution in [0.5, 0.6) is 0 Å². The normalized spacial score (nSPS) is 23.7. The van der Waals surface area contributed by atoms with Gasteiger partial charge in [-0.25, -0.2) is 0 Å². The Balaban J connectivity index is 1.55. The molecule has 2 aliphatic rings. The molecule has 2 unspecified atom stereocenters. The Morgan fingerprint density at radius 3 is 2.95 bits per heavy atom. The molecule has 3 N–H and O–H groups in total. The summed E-state index contributed by atoms with van der Waals surface area (Å²) < 4.78 is 0. The molecule has 1 saturated carbocycles. The number of para-hydroxylation sites is 1. The zero-order valence-corrected chi connectivity index (χ0v) is 12.8. The van der Waals surface area contributed by atoms with E-state index in [1.807, 2.05) is 24.3 Å². The van der Waals surface area contributed by atoms with E-state index in [1.165, 1.54) is 0 Å². The van der Waals surface area contributed by atoms with Crippen molar-refractivity contribution < 1.29 is 9.59 Å². The average Bonchev–Trinajstić information content (AvgIpc) is 3.05. The molecule has 1 aromatic rings. The largest absolute Gasteiger partial charge is 0.352 e. The van der Waals surface area contributed by atoms with Crippen molar-refractivity contribution in [1.82, 2.24) is 5.32 Å². The first kappa shape index (κ1) is 15.0. The molecule has 1 aromatic carbocycles. The van der Waals surface area contributed by atoms with Gasteiger partial charge in [0.1, 0.15) is 6.54 Å². The molecular formula is C17H23N3O2. The number of benzene rings is 1. The molecule has 118 valence electrons. The summed E-state index contributed by atoms with van der Waals surface area (Å²) in [6.07, 6.45) is 4.58. The molecule has 2 atom stereocenters. The summed E-state index contributed by atoms with van der Waals surface area (Å²) in [5, 5.41) is 3.07. The number of fused-ring (bicyclic) bond motifs is 1. The Hall–Kier alpha value is -1.88. The Bertz CT molecular complexity index is 573. The quantitative estimate of drug-likeness (QED) is 0.858. The van der Waals surface area contributed by atoms with Crippen LogP contribution in [0.15, 0.2) is 24.3 Å². The maximum atomic E-state index is 12.2. The summed E-state index contributed by atoms with van der Waals surface area (Å²) in [4.78, 5) is 25.9. The highest BCUT2D eigenvalue weighted by atomic mass is 16.2.